The average molecular weight is 361 g/mol. The monoisotopic (exact) mass is 360 g/mol. The number of carbonyl (C=O) groups excluding carboxylic acids is 1. The van der Waals surface area contributed by atoms with Crippen LogP contribution in [-0.4, -0.2) is 17.4 Å². The Balaban J connectivity index is 2.14. The van der Waals surface area contributed by atoms with Crippen LogP contribution in [0.1, 0.15) is 30.9 Å². The van der Waals surface area contributed by atoms with E-state index in [2.05, 4.69) is 10.3 Å². The number of allylic oxidation sites excluding steroid dienone is 1. The lowest BCUT2D eigenvalue weighted by Gasteiger charge is -2.20. The van der Waals surface area contributed by atoms with Gasteiger partial charge in [0.2, 0.25) is 5.91 Å². The first-order valence-electron chi connectivity index (χ1n) is 7.88. The first-order valence-corrected chi connectivity index (χ1v) is 8.63. The molecule has 1 aromatic heterocycles. The molecule has 3 nitrogen and oxygen atoms in total. The summed E-state index contributed by atoms with van der Waals surface area (Å²) in [6.45, 7) is 4.77. The lowest BCUT2D eigenvalue weighted by molar-refractivity contribution is -0.118. The molecule has 0 bridgehead atoms. The average Bonchev–Trinajstić information content (AvgIpc) is 2.57. The molecule has 0 unspecified atom stereocenters. The summed E-state index contributed by atoms with van der Waals surface area (Å²) in [6.07, 6.45) is 3.49. The standard InChI is InChI=1S/C19H18Cl2N2O/c1-11(15-4-3-7-22-19(15)24)16-8-14(20)9-17(12(16)2)13-5-6-18(21)23-10-13/h5-6,8-10H,3-4,7H2,1-2H3,(H,22,24)/b15-11+. The van der Waals surface area contributed by atoms with Crippen LogP contribution in [0.2, 0.25) is 10.2 Å². The highest BCUT2D eigenvalue weighted by Gasteiger charge is 2.20. The summed E-state index contributed by atoms with van der Waals surface area (Å²) in [5, 5.41) is 4.01. The van der Waals surface area contributed by atoms with Crippen LogP contribution in [0.15, 0.2) is 36.0 Å². The van der Waals surface area contributed by atoms with Gasteiger partial charge in [-0.2, -0.15) is 0 Å². The first-order chi connectivity index (χ1) is 11.5. The van der Waals surface area contributed by atoms with Crippen LogP contribution in [0, 0.1) is 6.92 Å². The molecule has 1 fully saturated rings. The number of carbonyl (C=O) groups is 1. The molecule has 0 radical (unpaired) electrons. The van der Waals surface area contributed by atoms with Crippen molar-refractivity contribution in [3.8, 4) is 11.1 Å². The zero-order valence-electron chi connectivity index (χ0n) is 13.6. The molecular formula is C19H18Cl2N2O. The Morgan fingerprint density at radius 1 is 1.25 bits per heavy atom. The van der Waals surface area contributed by atoms with Gasteiger partial charge in [0.1, 0.15) is 5.15 Å². The number of nitrogens with one attached hydrogen (secondary N) is 1. The van der Waals surface area contributed by atoms with Gasteiger partial charge < -0.3 is 5.32 Å². The highest BCUT2D eigenvalue weighted by molar-refractivity contribution is 6.31. The Hall–Kier alpha value is -1.84. The number of hydrogen-bond acceptors (Lipinski definition) is 2. The SMILES string of the molecule is C/C(=C1/CCCNC1=O)c1cc(Cl)cc(-c2ccc(Cl)nc2)c1C. The van der Waals surface area contributed by atoms with Gasteiger partial charge in [0.05, 0.1) is 0 Å². The molecule has 124 valence electrons. The maximum absolute atomic E-state index is 12.2. The predicted molar refractivity (Wildman–Crippen MR) is 99.3 cm³/mol. The van der Waals surface area contributed by atoms with Gasteiger partial charge in [-0.05, 0) is 73.2 Å². The van der Waals surface area contributed by atoms with Crippen molar-refractivity contribution >= 4 is 34.7 Å². The van der Waals surface area contributed by atoms with Gasteiger partial charge in [-0.1, -0.05) is 23.2 Å². The van der Waals surface area contributed by atoms with E-state index >= 15 is 0 Å². The summed E-state index contributed by atoms with van der Waals surface area (Å²) >= 11 is 12.2. The molecule has 1 saturated heterocycles. The largest absolute Gasteiger partial charge is 0.352 e. The summed E-state index contributed by atoms with van der Waals surface area (Å²) in [5.41, 5.74) is 5.85. The fourth-order valence-corrected chi connectivity index (χ4v) is 3.44. The molecule has 1 N–H and O–H groups in total. The van der Waals surface area contributed by atoms with Gasteiger partial charge in [0, 0.05) is 28.9 Å². The lowest BCUT2D eigenvalue weighted by atomic mass is 9.89. The number of amides is 1. The van der Waals surface area contributed by atoms with E-state index in [1.54, 1.807) is 12.3 Å². The zero-order valence-corrected chi connectivity index (χ0v) is 15.1. The molecular weight excluding hydrogens is 343 g/mol. The van der Waals surface area contributed by atoms with Crippen molar-refractivity contribution in [3.63, 3.8) is 0 Å². The van der Waals surface area contributed by atoms with Crippen molar-refractivity contribution < 1.29 is 4.79 Å². The number of aromatic nitrogens is 1. The Morgan fingerprint density at radius 3 is 2.71 bits per heavy atom. The molecule has 1 aromatic carbocycles. The minimum Gasteiger partial charge on any atom is -0.352 e. The molecule has 0 aliphatic carbocycles. The maximum Gasteiger partial charge on any atom is 0.247 e. The quantitative estimate of drug-likeness (QED) is 0.601. The molecule has 1 aliphatic rings. The van der Waals surface area contributed by atoms with Gasteiger partial charge in [-0.25, -0.2) is 4.98 Å². The van der Waals surface area contributed by atoms with Crippen LogP contribution in [-0.2, 0) is 4.79 Å². The second-order valence-electron chi connectivity index (χ2n) is 5.96. The van der Waals surface area contributed by atoms with Gasteiger partial charge in [0.25, 0.3) is 0 Å². The van der Waals surface area contributed by atoms with E-state index in [1.165, 1.54) is 0 Å². The summed E-state index contributed by atoms with van der Waals surface area (Å²) < 4.78 is 0. The lowest BCUT2D eigenvalue weighted by Crippen LogP contribution is -2.31. The topological polar surface area (TPSA) is 42.0 Å². The van der Waals surface area contributed by atoms with Crippen LogP contribution in [0.5, 0.6) is 0 Å². The number of piperidine rings is 1. The van der Waals surface area contributed by atoms with Gasteiger partial charge in [-0.15, -0.1) is 0 Å². The Kier molecular flexibility index (Phi) is 4.93. The number of benzene rings is 1. The van der Waals surface area contributed by atoms with Crippen LogP contribution in [0.25, 0.3) is 16.7 Å². The summed E-state index contributed by atoms with van der Waals surface area (Å²) in [6, 6.07) is 7.53. The number of pyridine rings is 1. The van der Waals surface area contributed by atoms with E-state index in [-0.39, 0.29) is 5.91 Å². The molecule has 0 saturated carbocycles. The Labute approximate surface area is 151 Å². The van der Waals surface area contributed by atoms with Crippen LogP contribution >= 0.6 is 23.2 Å². The van der Waals surface area contributed by atoms with Gasteiger partial charge >= 0.3 is 0 Å². The number of halogens is 2. The van der Waals surface area contributed by atoms with Crippen molar-refractivity contribution in [2.45, 2.75) is 26.7 Å². The summed E-state index contributed by atoms with van der Waals surface area (Å²) in [5.74, 6) is 0.0211. The molecule has 1 amide bonds. The normalized spacial score (nSPS) is 16.8. The molecule has 2 aromatic rings. The van der Waals surface area contributed by atoms with Crippen molar-refractivity contribution in [2.24, 2.45) is 0 Å². The molecule has 3 rings (SSSR count). The molecule has 0 spiro atoms. The zero-order chi connectivity index (χ0) is 17.3. The van der Waals surface area contributed by atoms with E-state index in [1.807, 2.05) is 32.0 Å². The third-order valence-corrected chi connectivity index (χ3v) is 4.87. The van der Waals surface area contributed by atoms with E-state index in [0.717, 1.165) is 52.8 Å². The Bertz CT molecular complexity index is 826. The molecule has 2 heterocycles. The highest BCUT2D eigenvalue weighted by atomic mass is 35.5. The van der Waals surface area contributed by atoms with E-state index in [4.69, 9.17) is 23.2 Å². The van der Waals surface area contributed by atoms with Crippen LogP contribution < -0.4 is 5.32 Å². The van der Waals surface area contributed by atoms with Gasteiger partial charge in [-0.3, -0.25) is 4.79 Å². The fourth-order valence-electron chi connectivity index (χ4n) is 3.11. The third kappa shape index (κ3) is 3.33. The maximum atomic E-state index is 12.2. The second kappa shape index (κ2) is 6.96. The minimum absolute atomic E-state index is 0.0211. The highest BCUT2D eigenvalue weighted by Crippen LogP contribution is 2.35. The van der Waals surface area contributed by atoms with E-state index in [9.17, 15) is 4.79 Å². The summed E-state index contributed by atoms with van der Waals surface area (Å²) in [7, 11) is 0. The second-order valence-corrected chi connectivity index (χ2v) is 6.78. The third-order valence-electron chi connectivity index (χ3n) is 4.43. The van der Waals surface area contributed by atoms with Crippen LogP contribution in [0.4, 0.5) is 0 Å². The molecule has 1 aliphatic heterocycles. The molecule has 5 heteroatoms. The van der Waals surface area contributed by atoms with Crippen molar-refractivity contribution in [1.82, 2.24) is 10.3 Å². The van der Waals surface area contributed by atoms with Crippen LogP contribution in [0.3, 0.4) is 0 Å². The summed E-state index contributed by atoms with van der Waals surface area (Å²) in [4.78, 5) is 16.3. The molecule has 0 atom stereocenters. The number of hydrogen-bond donors (Lipinski definition) is 1. The van der Waals surface area contributed by atoms with Crippen molar-refractivity contribution in [1.29, 1.82) is 0 Å². The first kappa shape index (κ1) is 17.0. The predicted octanol–water partition coefficient (Wildman–Crippen LogP) is 5.05. The fraction of sp³-hybridized carbons (Fsp3) is 0.263. The smallest absolute Gasteiger partial charge is 0.247 e. The Morgan fingerprint density at radius 2 is 2.04 bits per heavy atom. The van der Waals surface area contributed by atoms with E-state index in [0.29, 0.717) is 10.2 Å². The minimum atomic E-state index is 0.0211. The van der Waals surface area contributed by atoms with Gasteiger partial charge in [0.15, 0.2) is 0 Å². The molecule has 24 heavy (non-hydrogen) atoms. The number of nitrogens with zero attached hydrogens (tertiary/aromatic N) is 1. The van der Waals surface area contributed by atoms with Crippen molar-refractivity contribution in [3.05, 3.63) is 57.3 Å². The van der Waals surface area contributed by atoms with Crippen molar-refractivity contribution in [2.75, 3.05) is 6.54 Å². The number of rotatable bonds is 2. The van der Waals surface area contributed by atoms with E-state index < -0.39 is 0 Å².